The third-order valence-corrected chi connectivity index (χ3v) is 6.87. The molecule has 0 saturated carbocycles. The number of carbonyl (C=O) groups is 4. The van der Waals surface area contributed by atoms with Crippen LogP contribution in [0.5, 0.6) is 0 Å². The van der Waals surface area contributed by atoms with Gasteiger partial charge in [0.25, 0.3) is 0 Å². The zero-order valence-corrected chi connectivity index (χ0v) is 25.4. The molecule has 3 rings (SSSR count). The topological polar surface area (TPSA) is 207 Å². The van der Waals surface area contributed by atoms with Gasteiger partial charge >= 0.3 is 34.3 Å². The lowest BCUT2D eigenvalue weighted by Gasteiger charge is -2.48. The SMILES string of the molecule is CC(=O)O[C@H]1[C@H]([C@H](OC(C)=O)[C@@H](COC(=O)c2ccccc2)OS(=O)(=O)O)O[C@](CO)(OCc2ccccc2)C[C@@H]1OC(C)=O. The van der Waals surface area contributed by atoms with Gasteiger partial charge < -0.3 is 33.5 Å². The molecule has 0 unspecified atom stereocenters. The lowest BCUT2D eigenvalue weighted by atomic mass is 9.90. The molecule has 0 radical (unpaired) electrons. The summed E-state index contributed by atoms with van der Waals surface area (Å²) in [6.07, 6.45) is -9.22. The van der Waals surface area contributed by atoms with E-state index in [2.05, 4.69) is 0 Å². The summed E-state index contributed by atoms with van der Waals surface area (Å²) in [5, 5.41) is 10.5. The van der Waals surface area contributed by atoms with Crippen molar-refractivity contribution in [2.75, 3.05) is 13.2 Å². The molecule has 1 heterocycles. The normalized spacial score (nSPS) is 22.8. The van der Waals surface area contributed by atoms with Crippen molar-refractivity contribution in [3.05, 3.63) is 71.8 Å². The van der Waals surface area contributed by atoms with E-state index in [0.29, 0.717) is 5.56 Å². The van der Waals surface area contributed by atoms with Gasteiger partial charge in [-0.3, -0.25) is 18.9 Å². The average Bonchev–Trinajstić information content (AvgIpc) is 2.98. The van der Waals surface area contributed by atoms with E-state index in [1.165, 1.54) is 12.1 Å². The van der Waals surface area contributed by atoms with E-state index in [0.717, 1.165) is 20.8 Å². The molecule has 2 aromatic carbocycles. The van der Waals surface area contributed by atoms with Crippen molar-refractivity contribution in [3.8, 4) is 0 Å². The Kier molecular flexibility index (Phi) is 12.5. The predicted molar refractivity (Wildman–Crippen MR) is 150 cm³/mol. The molecule has 6 atom stereocenters. The van der Waals surface area contributed by atoms with Crippen molar-refractivity contribution in [3.63, 3.8) is 0 Å². The third kappa shape index (κ3) is 10.9. The Morgan fingerprint density at radius 3 is 2.07 bits per heavy atom. The molecule has 1 fully saturated rings. The van der Waals surface area contributed by atoms with Crippen LogP contribution in [-0.4, -0.2) is 91.5 Å². The van der Waals surface area contributed by atoms with Crippen LogP contribution < -0.4 is 0 Å². The minimum Gasteiger partial charge on any atom is -0.459 e. The standard InChI is InChI=1S/C29H34O15S/c1-18(31)40-23-14-29(17-30,39-15-21-10-6-4-7-11-21)43-27(25(23)41-19(2)32)26(42-20(3)33)24(44-45(35,36)37)16-38-28(34)22-12-8-5-9-13-22/h4-13,23-27,30H,14-17H2,1-3H3,(H,35,36,37)/t23-,24+,25+,26+,27+,29+/m0/s1. The molecular formula is C29H34O15S. The van der Waals surface area contributed by atoms with Crippen LogP contribution in [-0.2, 0) is 64.0 Å². The molecule has 2 aromatic rings. The van der Waals surface area contributed by atoms with Crippen LogP contribution in [0.1, 0.15) is 43.1 Å². The smallest absolute Gasteiger partial charge is 0.397 e. The first-order valence-electron chi connectivity index (χ1n) is 13.6. The lowest BCUT2D eigenvalue weighted by Crippen LogP contribution is -2.65. The summed E-state index contributed by atoms with van der Waals surface area (Å²) in [7, 11) is -5.32. The van der Waals surface area contributed by atoms with E-state index in [4.69, 9.17) is 32.6 Å². The Hall–Kier alpha value is -3.93. The van der Waals surface area contributed by atoms with Gasteiger partial charge in [0, 0.05) is 27.2 Å². The van der Waals surface area contributed by atoms with Gasteiger partial charge in [0.05, 0.1) is 18.8 Å². The molecule has 45 heavy (non-hydrogen) atoms. The molecular weight excluding hydrogens is 620 g/mol. The van der Waals surface area contributed by atoms with Crippen LogP contribution in [0, 0.1) is 0 Å². The molecule has 246 valence electrons. The van der Waals surface area contributed by atoms with Crippen LogP contribution in [0.2, 0.25) is 0 Å². The molecule has 0 amide bonds. The zero-order chi connectivity index (χ0) is 33.2. The van der Waals surface area contributed by atoms with Crippen molar-refractivity contribution in [2.24, 2.45) is 0 Å². The molecule has 0 aliphatic carbocycles. The number of hydrogen-bond acceptors (Lipinski definition) is 14. The fourth-order valence-corrected chi connectivity index (χ4v) is 5.11. The number of rotatable bonds is 14. The number of aliphatic hydroxyl groups is 1. The van der Waals surface area contributed by atoms with E-state index in [1.807, 2.05) is 0 Å². The number of esters is 4. The molecule has 1 saturated heterocycles. The molecule has 15 nitrogen and oxygen atoms in total. The van der Waals surface area contributed by atoms with E-state index in [1.54, 1.807) is 48.5 Å². The highest BCUT2D eigenvalue weighted by atomic mass is 32.3. The molecule has 2 N–H and O–H groups in total. The van der Waals surface area contributed by atoms with Crippen molar-refractivity contribution < 1.29 is 69.9 Å². The van der Waals surface area contributed by atoms with Gasteiger partial charge in [-0.25, -0.2) is 8.98 Å². The Labute approximate surface area is 259 Å². The highest BCUT2D eigenvalue weighted by Gasteiger charge is 2.56. The number of carbonyl (C=O) groups excluding carboxylic acids is 4. The third-order valence-electron chi connectivity index (χ3n) is 6.38. The summed E-state index contributed by atoms with van der Waals surface area (Å²) in [6, 6.07) is 16.2. The van der Waals surface area contributed by atoms with Crippen molar-refractivity contribution in [1.29, 1.82) is 0 Å². The molecule has 1 aliphatic rings. The van der Waals surface area contributed by atoms with Crippen molar-refractivity contribution in [1.82, 2.24) is 0 Å². The Morgan fingerprint density at radius 1 is 0.933 bits per heavy atom. The number of benzene rings is 2. The molecule has 16 heteroatoms. The van der Waals surface area contributed by atoms with Gasteiger partial charge in [-0.15, -0.1) is 0 Å². The summed E-state index contributed by atoms with van der Waals surface area (Å²) in [4.78, 5) is 49.3. The predicted octanol–water partition coefficient (Wildman–Crippen LogP) is 1.52. The first kappa shape index (κ1) is 35.5. The van der Waals surface area contributed by atoms with Gasteiger partial charge in [0.15, 0.2) is 24.1 Å². The van der Waals surface area contributed by atoms with Crippen LogP contribution in [0.4, 0.5) is 0 Å². The Bertz CT molecular complexity index is 1420. The lowest BCUT2D eigenvalue weighted by molar-refractivity contribution is -0.350. The van der Waals surface area contributed by atoms with E-state index in [9.17, 15) is 37.3 Å². The molecule has 0 spiro atoms. The number of ether oxygens (including phenoxy) is 6. The van der Waals surface area contributed by atoms with Gasteiger partial charge in [0.2, 0.25) is 0 Å². The molecule has 1 aliphatic heterocycles. The molecule has 0 bridgehead atoms. The zero-order valence-electron chi connectivity index (χ0n) is 24.6. The highest BCUT2D eigenvalue weighted by molar-refractivity contribution is 7.80. The maximum atomic E-state index is 12.7. The largest absolute Gasteiger partial charge is 0.459 e. The maximum absolute atomic E-state index is 12.7. The first-order valence-corrected chi connectivity index (χ1v) is 14.9. The van der Waals surface area contributed by atoms with Gasteiger partial charge in [-0.1, -0.05) is 48.5 Å². The Morgan fingerprint density at radius 2 is 1.53 bits per heavy atom. The number of aliphatic hydroxyl groups excluding tert-OH is 1. The minimum absolute atomic E-state index is 0.0716. The monoisotopic (exact) mass is 654 g/mol. The van der Waals surface area contributed by atoms with Gasteiger partial charge in [0.1, 0.15) is 18.8 Å². The van der Waals surface area contributed by atoms with Crippen LogP contribution in [0.25, 0.3) is 0 Å². The average molecular weight is 655 g/mol. The molecule has 0 aromatic heterocycles. The summed E-state index contributed by atoms with van der Waals surface area (Å²) in [5.41, 5.74) is 0.718. The minimum atomic E-state index is -5.32. The van der Waals surface area contributed by atoms with Crippen LogP contribution in [0.15, 0.2) is 60.7 Å². The second kappa shape index (κ2) is 15.9. The summed E-state index contributed by atoms with van der Waals surface area (Å²) in [6.45, 7) is 1.07. The fourth-order valence-electron chi connectivity index (χ4n) is 4.63. The van der Waals surface area contributed by atoms with Gasteiger partial charge in [-0.2, -0.15) is 8.42 Å². The number of hydrogen-bond donors (Lipinski definition) is 2. The van der Waals surface area contributed by atoms with Crippen LogP contribution >= 0.6 is 0 Å². The highest BCUT2D eigenvalue weighted by Crippen LogP contribution is 2.38. The summed E-state index contributed by atoms with van der Waals surface area (Å²) < 4.78 is 71.7. The summed E-state index contributed by atoms with van der Waals surface area (Å²) >= 11 is 0. The fraction of sp³-hybridized carbons (Fsp3) is 0.448. The van der Waals surface area contributed by atoms with E-state index in [-0.39, 0.29) is 12.2 Å². The van der Waals surface area contributed by atoms with E-state index < -0.39 is 90.2 Å². The first-order chi connectivity index (χ1) is 21.2. The van der Waals surface area contributed by atoms with Crippen molar-refractivity contribution in [2.45, 2.75) is 70.1 Å². The van der Waals surface area contributed by atoms with Crippen LogP contribution in [0.3, 0.4) is 0 Å². The van der Waals surface area contributed by atoms with E-state index >= 15 is 0 Å². The Balaban J connectivity index is 2.08. The van der Waals surface area contributed by atoms with Crippen molar-refractivity contribution >= 4 is 34.3 Å². The maximum Gasteiger partial charge on any atom is 0.397 e. The quantitative estimate of drug-likeness (QED) is 0.168. The summed E-state index contributed by atoms with van der Waals surface area (Å²) in [5.74, 6) is -5.72. The second-order valence-electron chi connectivity index (χ2n) is 9.95. The second-order valence-corrected chi connectivity index (χ2v) is 11.0. The van der Waals surface area contributed by atoms with Gasteiger partial charge in [-0.05, 0) is 17.7 Å².